The Kier molecular flexibility index (Phi) is 3.42. The van der Waals surface area contributed by atoms with Crippen LogP contribution in [0.5, 0.6) is 0 Å². The van der Waals surface area contributed by atoms with Crippen LogP contribution in [-0.2, 0) is 13.0 Å². The molecular formula is C13H20N6O. The smallest absolute Gasteiger partial charge is 0.322 e. The molecule has 0 saturated carbocycles. The van der Waals surface area contributed by atoms with Gasteiger partial charge in [-0.15, -0.1) is 0 Å². The van der Waals surface area contributed by atoms with Gasteiger partial charge in [0.2, 0.25) is 0 Å². The first-order valence-electron chi connectivity index (χ1n) is 7.21. The van der Waals surface area contributed by atoms with Gasteiger partial charge in [0.1, 0.15) is 5.82 Å². The molecule has 0 unspecified atom stereocenters. The second-order valence-electron chi connectivity index (χ2n) is 5.41. The summed E-state index contributed by atoms with van der Waals surface area (Å²) in [6.45, 7) is 7.08. The molecule has 0 aliphatic carbocycles. The average Bonchev–Trinajstić information content (AvgIpc) is 3.05. The highest BCUT2D eigenvalue weighted by Crippen LogP contribution is 2.27. The van der Waals surface area contributed by atoms with Crippen molar-refractivity contribution in [3.05, 3.63) is 17.5 Å². The Morgan fingerprint density at radius 3 is 2.95 bits per heavy atom. The lowest BCUT2D eigenvalue weighted by Crippen LogP contribution is -2.22. The lowest BCUT2D eigenvalue weighted by atomic mass is 10.1. The first-order chi connectivity index (χ1) is 9.67. The van der Waals surface area contributed by atoms with E-state index >= 15 is 0 Å². The Labute approximate surface area is 117 Å². The topological polar surface area (TPSA) is 81.7 Å². The van der Waals surface area contributed by atoms with Gasteiger partial charge in [0.05, 0.1) is 6.04 Å². The minimum Gasteiger partial charge on any atom is -0.328 e. The zero-order chi connectivity index (χ0) is 14.1. The van der Waals surface area contributed by atoms with Crippen molar-refractivity contribution < 1.29 is 4.52 Å². The fourth-order valence-corrected chi connectivity index (χ4v) is 2.36. The third-order valence-electron chi connectivity index (χ3n) is 3.49. The maximum Gasteiger partial charge on any atom is 0.322 e. The quantitative estimate of drug-likeness (QED) is 0.922. The van der Waals surface area contributed by atoms with E-state index in [2.05, 4.69) is 32.5 Å². The van der Waals surface area contributed by atoms with E-state index in [1.165, 1.54) is 0 Å². The predicted octanol–water partition coefficient (Wildman–Crippen LogP) is 2.29. The summed E-state index contributed by atoms with van der Waals surface area (Å²) in [5.41, 5.74) is 0. The van der Waals surface area contributed by atoms with Crippen molar-refractivity contribution in [1.82, 2.24) is 24.9 Å². The zero-order valence-corrected chi connectivity index (χ0v) is 12.1. The van der Waals surface area contributed by atoms with Gasteiger partial charge in [0, 0.05) is 18.9 Å². The molecule has 0 fully saturated rings. The van der Waals surface area contributed by atoms with Crippen molar-refractivity contribution in [3.8, 4) is 0 Å². The first-order valence-corrected chi connectivity index (χ1v) is 7.21. The van der Waals surface area contributed by atoms with E-state index in [4.69, 9.17) is 4.52 Å². The molecule has 0 saturated heterocycles. The number of aromatic nitrogens is 5. The van der Waals surface area contributed by atoms with Gasteiger partial charge >= 0.3 is 6.01 Å². The lowest BCUT2D eigenvalue weighted by Gasteiger charge is -2.21. The summed E-state index contributed by atoms with van der Waals surface area (Å²) in [5.74, 6) is 2.84. The Morgan fingerprint density at radius 2 is 2.25 bits per heavy atom. The van der Waals surface area contributed by atoms with Gasteiger partial charge in [-0.2, -0.15) is 10.1 Å². The standard InChI is InChI=1S/C13H20N6O/c1-4-10-15-12-9(6-5-7-19(12)17-10)14-13-16-11(8(2)3)18-20-13/h8-9H,4-7H2,1-3H3,(H,14,16,18)/t9-/m1/s1. The molecule has 1 aliphatic rings. The van der Waals surface area contributed by atoms with Crippen LogP contribution < -0.4 is 5.32 Å². The summed E-state index contributed by atoms with van der Waals surface area (Å²) in [4.78, 5) is 8.95. The van der Waals surface area contributed by atoms with Crippen LogP contribution >= 0.6 is 0 Å². The SMILES string of the molecule is CCc1nc2n(n1)CCC[C@H]2Nc1nc(C(C)C)no1. The maximum atomic E-state index is 5.25. The number of aryl methyl sites for hydroxylation is 2. The van der Waals surface area contributed by atoms with Crippen LogP contribution in [0.2, 0.25) is 0 Å². The molecule has 1 aliphatic heterocycles. The van der Waals surface area contributed by atoms with Crippen LogP contribution in [0.3, 0.4) is 0 Å². The van der Waals surface area contributed by atoms with Crippen LogP contribution in [0, 0.1) is 0 Å². The molecule has 3 heterocycles. The summed E-state index contributed by atoms with van der Waals surface area (Å²) in [6, 6.07) is 0.560. The third-order valence-corrected chi connectivity index (χ3v) is 3.49. The minimum absolute atomic E-state index is 0.0945. The van der Waals surface area contributed by atoms with Crippen molar-refractivity contribution in [1.29, 1.82) is 0 Å². The summed E-state index contributed by atoms with van der Waals surface area (Å²) in [6.07, 6.45) is 2.92. The Bertz CT molecular complexity index is 587. The molecule has 0 aromatic carbocycles. The highest BCUT2D eigenvalue weighted by Gasteiger charge is 2.25. The Balaban J connectivity index is 1.79. The molecule has 3 rings (SSSR count). The number of hydrogen-bond donors (Lipinski definition) is 1. The molecule has 20 heavy (non-hydrogen) atoms. The van der Waals surface area contributed by atoms with Gasteiger partial charge in [0.15, 0.2) is 11.6 Å². The predicted molar refractivity (Wildman–Crippen MR) is 73.4 cm³/mol. The van der Waals surface area contributed by atoms with Crippen LogP contribution in [0.15, 0.2) is 4.52 Å². The van der Waals surface area contributed by atoms with E-state index in [-0.39, 0.29) is 12.0 Å². The molecule has 0 bridgehead atoms. The highest BCUT2D eigenvalue weighted by molar-refractivity contribution is 5.24. The summed E-state index contributed by atoms with van der Waals surface area (Å²) in [7, 11) is 0. The Hall–Kier alpha value is -1.92. The van der Waals surface area contributed by atoms with Crippen molar-refractivity contribution in [2.75, 3.05) is 5.32 Å². The zero-order valence-electron chi connectivity index (χ0n) is 12.1. The molecule has 2 aromatic rings. The average molecular weight is 276 g/mol. The third kappa shape index (κ3) is 2.39. The van der Waals surface area contributed by atoms with E-state index in [1.807, 2.05) is 18.5 Å². The summed E-state index contributed by atoms with van der Waals surface area (Å²) in [5, 5.41) is 11.7. The van der Waals surface area contributed by atoms with Crippen LogP contribution in [0.4, 0.5) is 6.01 Å². The fourth-order valence-electron chi connectivity index (χ4n) is 2.36. The summed E-state index contributed by atoms with van der Waals surface area (Å²) < 4.78 is 7.23. The van der Waals surface area contributed by atoms with Crippen molar-refractivity contribution in [3.63, 3.8) is 0 Å². The number of anilines is 1. The van der Waals surface area contributed by atoms with E-state index in [1.54, 1.807) is 0 Å². The number of nitrogens with zero attached hydrogens (tertiary/aromatic N) is 5. The fraction of sp³-hybridized carbons (Fsp3) is 0.692. The molecule has 7 nitrogen and oxygen atoms in total. The maximum absolute atomic E-state index is 5.25. The monoisotopic (exact) mass is 276 g/mol. The highest BCUT2D eigenvalue weighted by atomic mass is 16.5. The molecule has 0 amide bonds. The van der Waals surface area contributed by atoms with Crippen molar-refractivity contribution >= 4 is 6.01 Å². The molecule has 1 N–H and O–H groups in total. The Morgan fingerprint density at radius 1 is 1.40 bits per heavy atom. The molecule has 2 aromatic heterocycles. The van der Waals surface area contributed by atoms with Crippen LogP contribution in [0.1, 0.15) is 63.0 Å². The number of hydrogen-bond acceptors (Lipinski definition) is 6. The van der Waals surface area contributed by atoms with E-state index in [0.29, 0.717) is 6.01 Å². The first kappa shape index (κ1) is 13.1. The molecule has 0 radical (unpaired) electrons. The van der Waals surface area contributed by atoms with Crippen LogP contribution in [-0.4, -0.2) is 24.9 Å². The molecular weight excluding hydrogens is 256 g/mol. The van der Waals surface area contributed by atoms with E-state index in [9.17, 15) is 0 Å². The minimum atomic E-state index is 0.0945. The summed E-state index contributed by atoms with van der Waals surface area (Å²) >= 11 is 0. The van der Waals surface area contributed by atoms with Gasteiger partial charge in [-0.3, -0.25) is 0 Å². The van der Waals surface area contributed by atoms with Crippen molar-refractivity contribution in [2.24, 2.45) is 0 Å². The van der Waals surface area contributed by atoms with E-state index in [0.717, 1.165) is 43.3 Å². The normalized spacial score (nSPS) is 18.3. The molecule has 7 heteroatoms. The second kappa shape index (κ2) is 5.22. The molecule has 1 atom stereocenters. The van der Waals surface area contributed by atoms with Gasteiger partial charge < -0.3 is 9.84 Å². The molecule has 108 valence electrons. The van der Waals surface area contributed by atoms with Gasteiger partial charge in [-0.25, -0.2) is 9.67 Å². The van der Waals surface area contributed by atoms with E-state index < -0.39 is 0 Å². The van der Waals surface area contributed by atoms with Crippen LogP contribution in [0.25, 0.3) is 0 Å². The number of nitrogens with one attached hydrogen (secondary N) is 1. The number of fused-ring (bicyclic) bond motifs is 1. The molecule has 0 spiro atoms. The van der Waals surface area contributed by atoms with Gasteiger partial charge in [-0.05, 0) is 12.8 Å². The van der Waals surface area contributed by atoms with Gasteiger partial charge in [0.25, 0.3) is 0 Å². The number of rotatable bonds is 4. The largest absolute Gasteiger partial charge is 0.328 e. The lowest BCUT2D eigenvalue weighted by molar-refractivity contribution is 0.396. The van der Waals surface area contributed by atoms with Crippen molar-refractivity contribution in [2.45, 2.75) is 58.5 Å². The van der Waals surface area contributed by atoms with Gasteiger partial charge in [-0.1, -0.05) is 25.9 Å². The second-order valence-corrected chi connectivity index (χ2v) is 5.41.